The molecule has 0 heterocycles. The highest BCUT2D eigenvalue weighted by Crippen LogP contribution is 2.35. The molecule has 1 aromatic rings. The summed E-state index contributed by atoms with van der Waals surface area (Å²) in [6, 6.07) is 2.73. The average Bonchev–Trinajstić information content (AvgIpc) is 3.07. The quantitative estimate of drug-likeness (QED) is 0.815. The molecule has 1 saturated carbocycles. The standard InChI is InChI=1S/C11H13BrCl2N2O2S/c12-7-3-8(13)11(9(14)4-7)19(17,18)16-10(5-15)6-1-2-6/h3-4,6,10,16H,1-2,5,15H2. The van der Waals surface area contributed by atoms with E-state index in [9.17, 15) is 8.42 Å². The molecular weight excluding hydrogens is 375 g/mol. The summed E-state index contributed by atoms with van der Waals surface area (Å²) in [7, 11) is -3.77. The number of rotatable bonds is 5. The minimum Gasteiger partial charge on any atom is -0.329 e. The molecule has 8 heteroatoms. The van der Waals surface area contributed by atoms with Crippen molar-refractivity contribution in [1.29, 1.82) is 0 Å². The fourth-order valence-corrected chi connectivity index (χ4v) is 5.13. The third kappa shape index (κ3) is 3.62. The Morgan fingerprint density at radius 2 is 1.89 bits per heavy atom. The van der Waals surface area contributed by atoms with Crippen molar-refractivity contribution in [3.8, 4) is 0 Å². The highest BCUT2D eigenvalue weighted by Gasteiger charge is 2.34. The van der Waals surface area contributed by atoms with E-state index in [1.807, 2.05) is 0 Å². The minimum absolute atomic E-state index is 0.0819. The number of halogens is 3. The fourth-order valence-electron chi connectivity index (χ4n) is 1.88. The lowest BCUT2D eigenvalue weighted by molar-refractivity contribution is 0.519. The van der Waals surface area contributed by atoms with Crippen LogP contribution in [0.25, 0.3) is 0 Å². The number of nitrogens with two attached hydrogens (primary N) is 1. The SMILES string of the molecule is NCC(NS(=O)(=O)c1c(Cl)cc(Br)cc1Cl)C1CC1. The molecule has 106 valence electrons. The number of nitrogens with one attached hydrogen (secondary N) is 1. The molecule has 1 atom stereocenters. The van der Waals surface area contributed by atoms with Gasteiger partial charge in [-0.2, -0.15) is 0 Å². The number of sulfonamides is 1. The van der Waals surface area contributed by atoms with Crippen LogP contribution in [0.15, 0.2) is 21.5 Å². The monoisotopic (exact) mass is 386 g/mol. The zero-order valence-corrected chi connectivity index (χ0v) is 13.8. The van der Waals surface area contributed by atoms with E-state index < -0.39 is 10.0 Å². The van der Waals surface area contributed by atoms with Crippen LogP contribution in [-0.4, -0.2) is 21.0 Å². The predicted molar refractivity (Wildman–Crippen MR) is 80.0 cm³/mol. The van der Waals surface area contributed by atoms with E-state index in [0.29, 0.717) is 10.4 Å². The Bertz CT molecular complexity index is 567. The van der Waals surface area contributed by atoms with Crippen LogP contribution in [0.5, 0.6) is 0 Å². The maximum Gasteiger partial charge on any atom is 0.243 e. The summed E-state index contributed by atoms with van der Waals surface area (Å²) < 4.78 is 27.9. The van der Waals surface area contributed by atoms with Crippen LogP contribution in [0, 0.1) is 5.92 Å². The summed E-state index contributed by atoms with van der Waals surface area (Å²) in [5.41, 5.74) is 5.60. The smallest absolute Gasteiger partial charge is 0.243 e. The number of hydrogen-bond acceptors (Lipinski definition) is 3. The first kappa shape index (κ1) is 15.5. The van der Waals surface area contributed by atoms with Crippen molar-refractivity contribution < 1.29 is 8.42 Å². The van der Waals surface area contributed by atoms with E-state index in [-0.39, 0.29) is 27.5 Å². The Hall–Kier alpha value is 0.150. The third-order valence-electron chi connectivity index (χ3n) is 2.98. The normalized spacial score (nSPS) is 17.5. The molecule has 1 aromatic carbocycles. The van der Waals surface area contributed by atoms with Crippen LogP contribution < -0.4 is 10.5 Å². The third-order valence-corrected chi connectivity index (χ3v) is 5.85. The largest absolute Gasteiger partial charge is 0.329 e. The minimum atomic E-state index is -3.77. The number of benzene rings is 1. The molecule has 0 spiro atoms. The lowest BCUT2D eigenvalue weighted by atomic mass is 10.2. The Balaban J connectivity index is 2.33. The highest BCUT2D eigenvalue weighted by molar-refractivity contribution is 9.10. The zero-order valence-electron chi connectivity index (χ0n) is 9.87. The van der Waals surface area contributed by atoms with Gasteiger partial charge in [0, 0.05) is 17.1 Å². The van der Waals surface area contributed by atoms with Gasteiger partial charge in [0.05, 0.1) is 10.0 Å². The summed E-state index contributed by atoms with van der Waals surface area (Å²) in [6.07, 6.45) is 1.98. The van der Waals surface area contributed by atoms with Crippen molar-refractivity contribution in [2.24, 2.45) is 11.7 Å². The molecule has 0 saturated heterocycles. The molecule has 0 amide bonds. The van der Waals surface area contributed by atoms with Crippen molar-refractivity contribution >= 4 is 49.2 Å². The van der Waals surface area contributed by atoms with Crippen molar-refractivity contribution in [3.05, 3.63) is 26.7 Å². The van der Waals surface area contributed by atoms with Crippen LogP contribution >= 0.6 is 39.1 Å². The van der Waals surface area contributed by atoms with Crippen molar-refractivity contribution in [1.82, 2.24) is 4.72 Å². The van der Waals surface area contributed by atoms with Crippen LogP contribution in [0.1, 0.15) is 12.8 Å². The summed E-state index contributed by atoms with van der Waals surface area (Å²) in [5, 5.41) is 0.164. The van der Waals surface area contributed by atoms with Gasteiger partial charge in [-0.05, 0) is 30.9 Å². The van der Waals surface area contributed by atoms with Gasteiger partial charge in [0.25, 0.3) is 0 Å². The molecule has 0 radical (unpaired) electrons. The van der Waals surface area contributed by atoms with E-state index in [0.717, 1.165) is 12.8 Å². The highest BCUT2D eigenvalue weighted by atomic mass is 79.9. The second-order valence-electron chi connectivity index (χ2n) is 4.50. The fraction of sp³-hybridized carbons (Fsp3) is 0.455. The average molecular weight is 388 g/mol. The molecule has 1 aliphatic rings. The summed E-state index contributed by atoms with van der Waals surface area (Å²) in [4.78, 5) is -0.0990. The molecule has 0 aromatic heterocycles. The first-order chi connectivity index (χ1) is 8.85. The molecular formula is C11H13BrCl2N2O2S. The van der Waals surface area contributed by atoms with Crippen LogP contribution in [0.3, 0.4) is 0 Å². The molecule has 1 unspecified atom stereocenters. The second kappa shape index (κ2) is 5.87. The maximum atomic E-state index is 12.3. The lowest BCUT2D eigenvalue weighted by Crippen LogP contribution is -2.41. The maximum absolute atomic E-state index is 12.3. The van der Waals surface area contributed by atoms with Gasteiger partial charge in [0.2, 0.25) is 10.0 Å². The summed E-state index contributed by atoms with van der Waals surface area (Å²) in [5.74, 6) is 0.313. The van der Waals surface area contributed by atoms with Gasteiger partial charge >= 0.3 is 0 Å². The second-order valence-corrected chi connectivity index (χ2v) is 7.88. The van der Waals surface area contributed by atoms with E-state index in [1.54, 1.807) is 0 Å². The Labute approximate surface area is 130 Å². The first-order valence-corrected chi connectivity index (χ1v) is 8.75. The first-order valence-electron chi connectivity index (χ1n) is 5.72. The van der Waals surface area contributed by atoms with Crippen molar-refractivity contribution in [3.63, 3.8) is 0 Å². The van der Waals surface area contributed by atoms with Gasteiger partial charge in [-0.3, -0.25) is 0 Å². The predicted octanol–water partition coefficient (Wildman–Crippen LogP) is 2.77. The van der Waals surface area contributed by atoms with Gasteiger partial charge in [0.1, 0.15) is 4.90 Å². The van der Waals surface area contributed by atoms with E-state index in [2.05, 4.69) is 20.7 Å². The molecule has 0 bridgehead atoms. The van der Waals surface area contributed by atoms with Gasteiger partial charge in [-0.15, -0.1) is 0 Å². The van der Waals surface area contributed by atoms with Gasteiger partial charge in [-0.25, -0.2) is 13.1 Å². The molecule has 0 aliphatic heterocycles. The molecule has 19 heavy (non-hydrogen) atoms. The zero-order chi connectivity index (χ0) is 14.2. The summed E-state index contributed by atoms with van der Waals surface area (Å²) >= 11 is 15.2. The van der Waals surface area contributed by atoms with E-state index >= 15 is 0 Å². The van der Waals surface area contributed by atoms with Crippen LogP contribution in [0.2, 0.25) is 10.0 Å². The van der Waals surface area contributed by atoms with E-state index in [1.165, 1.54) is 12.1 Å². The van der Waals surface area contributed by atoms with Crippen molar-refractivity contribution in [2.75, 3.05) is 6.54 Å². The van der Waals surface area contributed by atoms with Gasteiger partial charge in [0.15, 0.2) is 0 Å². The topological polar surface area (TPSA) is 72.2 Å². The molecule has 1 fully saturated rings. The van der Waals surface area contributed by atoms with Crippen LogP contribution in [0.4, 0.5) is 0 Å². The van der Waals surface area contributed by atoms with E-state index in [4.69, 9.17) is 28.9 Å². The molecule has 3 N–H and O–H groups in total. The molecule has 1 aliphatic carbocycles. The van der Waals surface area contributed by atoms with Gasteiger partial charge in [-0.1, -0.05) is 39.1 Å². The lowest BCUT2D eigenvalue weighted by Gasteiger charge is -2.17. The Morgan fingerprint density at radius 1 is 1.37 bits per heavy atom. The van der Waals surface area contributed by atoms with Gasteiger partial charge < -0.3 is 5.73 Å². The van der Waals surface area contributed by atoms with Crippen LogP contribution in [-0.2, 0) is 10.0 Å². The molecule has 2 rings (SSSR count). The Morgan fingerprint density at radius 3 is 2.32 bits per heavy atom. The number of hydrogen-bond donors (Lipinski definition) is 2. The van der Waals surface area contributed by atoms with Crippen molar-refractivity contribution in [2.45, 2.75) is 23.8 Å². The Kier molecular flexibility index (Phi) is 4.80. The summed E-state index contributed by atoms with van der Waals surface area (Å²) in [6.45, 7) is 0.260. The molecule has 4 nitrogen and oxygen atoms in total.